The molecule has 0 saturated carbocycles. The van der Waals surface area contributed by atoms with Gasteiger partial charge in [-0.15, -0.1) is 0 Å². The molecule has 0 bridgehead atoms. The van der Waals surface area contributed by atoms with Gasteiger partial charge in [0.25, 0.3) is 0 Å². The van der Waals surface area contributed by atoms with E-state index in [2.05, 4.69) is 0 Å². The van der Waals surface area contributed by atoms with Crippen molar-refractivity contribution in [1.82, 2.24) is 0 Å². The number of hydrogen-bond donors (Lipinski definition) is 2. The van der Waals surface area contributed by atoms with E-state index >= 15 is 0 Å². The zero-order valence-electron chi connectivity index (χ0n) is 14.7. The van der Waals surface area contributed by atoms with Crippen LogP contribution in [0.3, 0.4) is 0 Å². The first-order chi connectivity index (χ1) is 11.8. The first kappa shape index (κ1) is 17.4. The number of fused-ring (bicyclic) bond motifs is 1. The van der Waals surface area contributed by atoms with E-state index in [0.29, 0.717) is 16.9 Å². The minimum absolute atomic E-state index is 0.0521. The molecule has 0 aliphatic carbocycles. The number of ketones is 1. The van der Waals surface area contributed by atoms with Gasteiger partial charge < -0.3 is 15.6 Å². The molecule has 0 unspecified atom stereocenters. The van der Waals surface area contributed by atoms with Gasteiger partial charge in [0.1, 0.15) is 17.5 Å². The van der Waals surface area contributed by atoms with E-state index in [9.17, 15) is 9.90 Å². The van der Waals surface area contributed by atoms with Crippen LogP contribution >= 0.6 is 0 Å². The summed E-state index contributed by atoms with van der Waals surface area (Å²) in [6.07, 6.45) is 3.03. The fraction of sp³-hybridized carbons (Fsp3) is 0.286. The Kier molecular flexibility index (Phi) is 4.50. The van der Waals surface area contributed by atoms with Gasteiger partial charge in [-0.3, -0.25) is 4.79 Å². The van der Waals surface area contributed by atoms with Crippen molar-refractivity contribution in [2.75, 3.05) is 0 Å². The minimum Gasteiger partial charge on any atom is -0.484 e. The lowest BCUT2D eigenvalue weighted by Crippen LogP contribution is -2.51. The average Bonchev–Trinajstić information content (AvgIpc) is 2.58. The number of Topliss-reactive ketones (excluding diaryl/α,β-unsaturated/α-hetero) is 1. The van der Waals surface area contributed by atoms with E-state index in [-0.39, 0.29) is 5.78 Å². The lowest BCUT2D eigenvalue weighted by molar-refractivity contribution is -0.0573. The molecule has 3 rings (SSSR count). The topological polar surface area (TPSA) is 72.6 Å². The Bertz CT molecular complexity index is 825. The highest BCUT2D eigenvalue weighted by molar-refractivity contribution is 5.95. The molecular formula is C21H23NO3. The van der Waals surface area contributed by atoms with E-state index in [1.165, 1.54) is 6.92 Å². The number of aliphatic hydroxyl groups is 1. The molecule has 130 valence electrons. The molecular weight excluding hydrogens is 314 g/mol. The Balaban J connectivity index is 2.13. The Morgan fingerprint density at radius 1 is 1.20 bits per heavy atom. The molecule has 1 heterocycles. The predicted octanol–water partition coefficient (Wildman–Crippen LogP) is 3.59. The van der Waals surface area contributed by atoms with Crippen molar-refractivity contribution < 1.29 is 14.6 Å². The summed E-state index contributed by atoms with van der Waals surface area (Å²) in [6, 6.07) is 12.8. The van der Waals surface area contributed by atoms with Crippen LogP contribution in [0.4, 0.5) is 0 Å². The minimum atomic E-state index is -0.854. The lowest BCUT2D eigenvalue weighted by Gasteiger charge is -2.41. The number of carbonyl (C=O) groups excluding carboxylic acids is 1. The Morgan fingerprint density at radius 3 is 2.52 bits per heavy atom. The third kappa shape index (κ3) is 3.36. The number of ether oxygens (including phenoxy) is 1. The molecule has 1 aliphatic heterocycles. The van der Waals surface area contributed by atoms with Crippen LogP contribution in [0.25, 0.3) is 12.2 Å². The second kappa shape index (κ2) is 6.47. The average molecular weight is 337 g/mol. The number of nitrogens with two attached hydrogens (primary N) is 1. The summed E-state index contributed by atoms with van der Waals surface area (Å²) in [6.45, 7) is 5.13. The molecule has 2 aromatic rings. The Morgan fingerprint density at radius 2 is 1.88 bits per heavy atom. The van der Waals surface area contributed by atoms with Gasteiger partial charge in [0, 0.05) is 16.7 Å². The van der Waals surface area contributed by atoms with Crippen LogP contribution < -0.4 is 10.5 Å². The summed E-state index contributed by atoms with van der Waals surface area (Å²) in [5.41, 5.74) is 8.48. The molecule has 2 aromatic carbocycles. The third-order valence-electron chi connectivity index (χ3n) is 4.58. The Labute approximate surface area is 147 Å². The molecule has 0 fully saturated rings. The van der Waals surface area contributed by atoms with Crippen molar-refractivity contribution in [3.8, 4) is 5.75 Å². The van der Waals surface area contributed by atoms with Crippen LogP contribution in [0.15, 0.2) is 42.5 Å². The Hall–Kier alpha value is -2.43. The standard InChI is InChI=1S/C21H23NO3/c1-13(23)16-11-15(10-9-14-7-5-4-6-8-14)19-17(12-16)18(22)20(24)21(2,3)25-19/h4-12,18,20,24H,22H2,1-3H3/t18-,20+/m0/s1. The smallest absolute Gasteiger partial charge is 0.159 e. The van der Waals surface area contributed by atoms with Gasteiger partial charge in [-0.05, 0) is 38.5 Å². The highest BCUT2D eigenvalue weighted by Crippen LogP contribution is 2.42. The second-order valence-electron chi connectivity index (χ2n) is 6.96. The predicted molar refractivity (Wildman–Crippen MR) is 99.5 cm³/mol. The largest absolute Gasteiger partial charge is 0.484 e. The number of carbonyl (C=O) groups is 1. The molecule has 1 aliphatic rings. The van der Waals surface area contributed by atoms with Crippen LogP contribution in [-0.2, 0) is 0 Å². The lowest BCUT2D eigenvalue weighted by atomic mass is 9.84. The van der Waals surface area contributed by atoms with Gasteiger partial charge in [-0.25, -0.2) is 0 Å². The monoisotopic (exact) mass is 337 g/mol. The summed E-state index contributed by atoms with van der Waals surface area (Å²) in [5.74, 6) is 0.573. The number of benzene rings is 2. The third-order valence-corrected chi connectivity index (χ3v) is 4.58. The normalized spacial score (nSPS) is 21.6. The van der Waals surface area contributed by atoms with Crippen LogP contribution in [-0.4, -0.2) is 22.6 Å². The van der Waals surface area contributed by atoms with Gasteiger partial charge in [0.15, 0.2) is 5.78 Å². The van der Waals surface area contributed by atoms with Gasteiger partial charge in [0.05, 0.1) is 6.04 Å². The molecule has 2 atom stereocenters. The van der Waals surface area contributed by atoms with Gasteiger partial charge in [-0.1, -0.05) is 42.5 Å². The fourth-order valence-corrected chi connectivity index (χ4v) is 3.04. The van der Waals surface area contributed by atoms with E-state index in [0.717, 1.165) is 11.1 Å². The fourth-order valence-electron chi connectivity index (χ4n) is 3.04. The van der Waals surface area contributed by atoms with Crippen molar-refractivity contribution in [3.63, 3.8) is 0 Å². The molecule has 3 N–H and O–H groups in total. The van der Waals surface area contributed by atoms with Crippen molar-refractivity contribution in [1.29, 1.82) is 0 Å². The highest BCUT2D eigenvalue weighted by atomic mass is 16.5. The first-order valence-electron chi connectivity index (χ1n) is 8.34. The molecule has 0 aromatic heterocycles. The van der Waals surface area contributed by atoms with E-state index in [1.807, 2.05) is 56.3 Å². The van der Waals surface area contributed by atoms with Crippen molar-refractivity contribution in [2.24, 2.45) is 5.73 Å². The van der Waals surface area contributed by atoms with Crippen LogP contribution in [0.1, 0.15) is 53.9 Å². The van der Waals surface area contributed by atoms with Gasteiger partial charge in [-0.2, -0.15) is 0 Å². The van der Waals surface area contributed by atoms with E-state index in [1.54, 1.807) is 12.1 Å². The number of rotatable bonds is 3. The molecule has 0 amide bonds. The molecule has 25 heavy (non-hydrogen) atoms. The van der Waals surface area contributed by atoms with Crippen LogP contribution in [0.2, 0.25) is 0 Å². The summed E-state index contributed by atoms with van der Waals surface area (Å²) >= 11 is 0. The highest BCUT2D eigenvalue weighted by Gasteiger charge is 2.42. The summed E-state index contributed by atoms with van der Waals surface area (Å²) in [7, 11) is 0. The molecule has 0 spiro atoms. The van der Waals surface area contributed by atoms with Crippen molar-refractivity contribution in [2.45, 2.75) is 38.5 Å². The zero-order chi connectivity index (χ0) is 18.2. The van der Waals surface area contributed by atoms with Crippen molar-refractivity contribution in [3.05, 3.63) is 64.7 Å². The summed E-state index contributed by atoms with van der Waals surface area (Å²) in [4.78, 5) is 11.9. The molecule has 0 radical (unpaired) electrons. The number of hydrogen-bond acceptors (Lipinski definition) is 4. The molecule has 4 nitrogen and oxygen atoms in total. The SMILES string of the molecule is CC(=O)c1cc(C=Cc2ccccc2)c2c(c1)[C@H](N)[C@@H](O)C(C)(C)O2. The van der Waals surface area contributed by atoms with Crippen molar-refractivity contribution >= 4 is 17.9 Å². The maximum absolute atomic E-state index is 11.9. The van der Waals surface area contributed by atoms with Crippen LogP contribution in [0, 0.1) is 0 Å². The molecule has 4 heteroatoms. The number of aliphatic hydroxyl groups excluding tert-OH is 1. The second-order valence-corrected chi connectivity index (χ2v) is 6.96. The quantitative estimate of drug-likeness (QED) is 0.663. The van der Waals surface area contributed by atoms with Gasteiger partial charge >= 0.3 is 0 Å². The van der Waals surface area contributed by atoms with Crippen LogP contribution in [0.5, 0.6) is 5.75 Å². The zero-order valence-corrected chi connectivity index (χ0v) is 14.7. The van der Waals surface area contributed by atoms with E-state index < -0.39 is 17.7 Å². The first-order valence-corrected chi connectivity index (χ1v) is 8.34. The van der Waals surface area contributed by atoms with Gasteiger partial charge in [0.2, 0.25) is 0 Å². The maximum Gasteiger partial charge on any atom is 0.159 e. The summed E-state index contributed by atoms with van der Waals surface area (Å²) < 4.78 is 6.06. The molecule has 0 saturated heterocycles. The summed E-state index contributed by atoms with van der Waals surface area (Å²) in [5, 5.41) is 10.4. The maximum atomic E-state index is 11.9. The van der Waals surface area contributed by atoms with E-state index in [4.69, 9.17) is 10.5 Å².